The zero-order chi connectivity index (χ0) is 22.4. The summed E-state index contributed by atoms with van der Waals surface area (Å²) in [5.41, 5.74) is 4.33. The third kappa shape index (κ3) is 3.32. The number of para-hydroxylation sites is 1. The number of hydrogen-bond acceptors (Lipinski definition) is 7. The highest BCUT2D eigenvalue weighted by atomic mass is 16.5. The minimum Gasteiger partial charge on any atom is -0.508 e. The maximum Gasteiger partial charge on any atom is 0.228 e. The number of aromatic hydroxyl groups is 1. The van der Waals surface area contributed by atoms with Crippen molar-refractivity contribution in [3.05, 3.63) is 101 Å². The molecule has 0 bridgehead atoms. The van der Waals surface area contributed by atoms with Crippen LogP contribution in [0.3, 0.4) is 0 Å². The van der Waals surface area contributed by atoms with E-state index < -0.39 is 0 Å². The van der Waals surface area contributed by atoms with Crippen LogP contribution in [-0.4, -0.2) is 29.7 Å². The van der Waals surface area contributed by atoms with Crippen molar-refractivity contribution < 1.29 is 14.6 Å². The lowest BCUT2D eigenvalue weighted by Crippen LogP contribution is -2.15. The van der Waals surface area contributed by atoms with Crippen molar-refractivity contribution >= 4 is 5.65 Å². The van der Waals surface area contributed by atoms with Crippen LogP contribution in [-0.2, 0) is 6.61 Å². The minimum absolute atomic E-state index is 0.126. The van der Waals surface area contributed by atoms with Crippen molar-refractivity contribution in [3.63, 3.8) is 0 Å². The Kier molecular flexibility index (Phi) is 4.43. The lowest BCUT2D eigenvalue weighted by molar-refractivity contribution is 0.294. The quantitative estimate of drug-likeness (QED) is 0.437. The summed E-state index contributed by atoms with van der Waals surface area (Å²) in [5, 5.41) is 14.6. The molecule has 5 aromatic rings. The zero-order valence-electron chi connectivity index (χ0n) is 17.7. The van der Waals surface area contributed by atoms with Crippen molar-refractivity contribution in [2.75, 3.05) is 0 Å². The Hall–Kier alpha value is -4.46. The van der Waals surface area contributed by atoms with Crippen LogP contribution in [0.25, 0.3) is 5.65 Å². The molecule has 3 aromatic heterocycles. The molecular formula is C25H19N5O3. The lowest BCUT2D eigenvalue weighted by Gasteiger charge is -2.27. The molecule has 1 atom stereocenters. The molecule has 0 saturated carbocycles. The highest BCUT2D eigenvalue weighted by molar-refractivity contribution is 5.66. The first kappa shape index (κ1) is 19.2. The van der Waals surface area contributed by atoms with E-state index in [4.69, 9.17) is 14.5 Å². The molecule has 6 rings (SSSR count). The van der Waals surface area contributed by atoms with Gasteiger partial charge in [-0.3, -0.25) is 4.98 Å². The van der Waals surface area contributed by atoms with Crippen molar-refractivity contribution in [2.24, 2.45) is 0 Å². The van der Waals surface area contributed by atoms with Gasteiger partial charge in [0.1, 0.15) is 30.2 Å². The van der Waals surface area contributed by atoms with Crippen molar-refractivity contribution in [1.82, 2.24) is 24.6 Å². The molecule has 162 valence electrons. The topological polar surface area (TPSA) is 94.7 Å². The molecule has 4 heterocycles. The van der Waals surface area contributed by atoms with Gasteiger partial charge in [0, 0.05) is 29.9 Å². The van der Waals surface area contributed by atoms with Gasteiger partial charge in [-0.05, 0) is 36.2 Å². The zero-order valence-corrected chi connectivity index (χ0v) is 17.7. The number of aromatic nitrogens is 5. The first-order valence-electron chi connectivity index (χ1n) is 10.5. The molecule has 1 aliphatic heterocycles. The second-order valence-corrected chi connectivity index (χ2v) is 7.86. The maximum absolute atomic E-state index is 9.99. The fourth-order valence-electron chi connectivity index (χ4n) is 4.16. The van der Waals surface area contributed by atoms with Crippen molar-refractivity contribution in [3.8, 4) is 23.1 Å². The molecule has 8 heteroatoms. The lowest BCUT2D eigenvalue weighted by atomic mass is 9.84. The molecule has 0 spiro atoms. The van der Waals surface area contributed by atoms with E-state index in [1.54, 1.807) is 29.2 Å². The number of aryl methyl sites for hydroxylation is 1. The molecule has 0 unspecified atom stereocenters. The molecule has 0 radical (unpaired) electrons. The third-order valence-electron chi connectivity index (χ3n) is 5.70. The standard InChI is InChI=1S/C25H19N5O3/c1-15-5-2-3-7-19(15)32-13-21-28-24-23-22(16-6-4-10-26-12-16)18-9-8-17(31)11-20(18)33-25(23)27-14-30(24)29-21/h2-12,14,22,31H,13H2,1H3/t22-/m0/s1. The summed E-state index contributed by atoms with van der Waals surface area (Å²) in [6.45, 7) is 2.22. The SMILES string of the molecule is Cc1ccccc1OCc1nc2c3c(ncn2n1)Oc1cc(O)ccc1[C@@H]3c1cccnc1. The molecular weight excluding hydrogens is 418 g/mol. The van der Waals surface area contributed by atoms with Gasteiger partial charge < -0.3 is 14.6 Å². The van der Waals surface area contributed by atoms with Crippen LogP contribution in [0.1, 0.15) is 34.0 Å². The molecule has 2 aromatic carbocycles. The van der Waals surface area contributed by atoms with Gasteiger partial charge in [0.25, 0.3) is 0 Å². The van der Waals surface area contributed by atoms with Crippen LogP contribution in [0.2, 0.25) is 0 Å². The van der Waals surface area contributed by atoms with Crippen molar-refractivity contribution in [1.29, 1.82) is 0 Å². The smallest absolute Gasteiger partial charge is 0.228 e. The largest absolute Gasteiger partial charge is 0.508 e. The molecule has 0 saturated heterocycles. The van der Waals surface area contributed by atoms with Crippen LogP contribution in [0.4, 0.5) is 0 Å². The Morgan fingerprint density at radius 2 is 2.03 bits per heavy atom. The second-order valence-electron chi connectivity index (χ2n) is 7.86. The van der Waals surface area contributed by atoms with E-state index in [0.717, 1.165) is 28.0 Å². The predicted octanol–water partition coefficient (Wildman–Crippen LogP) is 4.40. The number of phenols is 1. The summed E-state index contributed by atoms with van der Waals surface area (Å²) in [6, 6.07) is 16.8. The number of benzene rings is 2. The van der Waals surface area contributed by atoms with E-state index in [1.807, 2.05) is 55.6 Å². The van der Waals surface area contributed by atoms with Crippen LogP contribution in [0.5, 0.6) is 23.1 Å². The summed E-state index contributed by atoms with van der Waals surface area (Å²) in [6.07, 6.45) is 5.13. The van der Waals surface area contributed by atoms with E-state index >= 15 is 0 Å². The number of phenolic OH excluding ortho intramolecular Hbond substituents is 1. The molecule has 1 aliphatic rings. The number of nitrogens with zero attached hydrogens (tertiary/aromatic N) is 5. The van der Waals surface area contributed by atoms with Gasteiger partial charge in [-0.25, -0.2) is 14.5 Å². The van der Waals surface area contributed by atoms with Gasteiger partial charge in [-0.15, -0.1) is 5.10 Å². The Morgan fingerprint density at radius 3 is 2.88 bits per heavy atom. The first-order chi connectivity index (χ1) is 16.2. The molecule has 8 nitrogen and oxygen atoms in total. The maximum atomic E-state index is 9.99. The van der Waals surface area contributed by atoms with Gasteiger partial charge in [0.05, 0.1) is 5.56 Å². The van der Waals surface area contributed by atoms with E-state index in [9.17, 15) is 5.11 Å². The minimum atomic E-state index is -0.233. The van der Waals surface area contributed by atoms with Gasteiger partial charge >= 0.3 is 0 Å². The van der Waals surface area contributed by atoms with Crippen LogP contribution < -0.4 is 9.47 Å². The molecule has 1 N–H and O–H groups in total. The number of fused-ring (bicyclic) bond motifs is 4. The van der Waals surface area contributed by atoms with E-state index in [-0.39, 0.29) is 18.3 Å². The summed E-state index contributed by atoms with van der Waals surface area (Å²) < 4.78 is 13.7. The first-order valence-corrected chi connectivity index (χ1v) is 10.5. The molecule has 0 amide bonds. The third-order valence-corrected chi connectivity index (χ3v) is 5.70. The van der Waals surface area contributed by atoms with E-state index in [0.29, 0.717) is 23.1 Å². The van der Waals surface area contributed by atoms with E-state index in [2.05, 4.69) is 15.1 Å². The van der Waals surface area contributed by atoms with E-state index in [1.165, 1.54) is 0 Å². The van der Waals surface area contributed by atoms with Crippen molar-refractivity contribution in [2.45, 2.75) is 19.4 Å². The number of rotatable bonds is 4. The predicted molar refractivity (Wildman–Crippen MR) is 120 cm³/mol. The monoisotopic (exact) mass is 437 g/mol. The molecule has 0 aliphatic carbocycles. The summed E-state index contributed by atoms with van der Waals surface area (Å²) in [7, 11) is 0. The van der Waals surface area contributed by atoms with Crippen LogP contribution >= 0.6 is 0 Å². The average molecular weight is 437 g/mol. The number of ether oxygens (including phenoxy) is 2. The summed E-state index contributed by atoms with van der Waals surface area (Å²) in [4.78, 5) is 13.6. The van der Waals surface area contributed by atoms with Gasteiger partial charge in [0.2, 0.25) is 5.88 Å². The van der Waals surface area contributed by atoms with Crippen LogP contribution in [0, 0.1) is 6.92 Å². The van der Waals surface area contributed by atoms with Crippen LogP contribution in [0.15, 0.2) is 73.3 Å². The Balaban J connectivity index is 1.46. The number of hydrogen-bond donors (Lipinski definition) is 1. The summed E-state index contributed by atoms with van der Waals surface area (Å²) >= 11 is 0. The average Bonchev–Trinajstić information content (AvgIpc) is 3.26. The molecule has 33 heavy (non-hydrogen) atoms. The highest BCUT2D eigenvalue weighted by Crippen LogP contribution is 2.48. The van der Waals surface area contributed by atoms with Gasteiger partial charge in [0.15, 0.2) is 11.5 Å². The molecule has 0 fully saturated rings. The fourth-order valence-corrected chi connectivity index (χ4v) is 4.16. The Labute approximate surface area is 189 Å². The Morgan fingerprint density at radius 1 is 1.12 bits per heavy atom. The highest BCUT2D eigenvalue weighted by Gasteiger charge is 2.33. The Bertz CT molecular complexity index is 1480. The number of pyridine rings is 1. The second kappa shape index (κ2) is 7.59. The summed E-state index contributed by atoms with van der Waals surface area (Å²) in [5.74, 6) is 2.20. The van der Waals surface area contributed by atoms with Gasteiger partial charge in [-0.2, -0.15) is 0 Å². The van der Waals surface area contributed by atoms with Gasteiger partial charge in [-0.1, -0.05) is 30.3 Å². The normalized spacial score (nSPS) is 14.4. The fraction of sp³-hybridized carbons (Fsp3) is 0.120.